The summed E-state index contributed by atoms with van der Waals surface area (Å²) in [6.45, 7) is 0. The number of hydrogen-bond acceptors (Lipinski definition) is 3. The average molecular weight is 200 g/mol. The molecule has 1 aromatic carbocycles. The number of anilines is 1. The third-order valence-corrected chi connectivity index (χ3v) is 2.84. The highest BCUT2D eigenvalue weighted by Crippen LogP contribution is 2.31. The molecule has 3 heteroatoms. The van der Waals surface area contributed by atoms with Crippen molar-refractivity contribution < 1.29 is 4.42 Å². The van der Waals surface area contributed by atoms with Crippen LogP contribution < -0.4 is 5.32 Å². The first kappa shape index (κ1) is 8.53. The fourth-order valence-electron chi connectivity index (χ4n) is 2.05. The Morgan fingerprint density at radius 2 is 2.27 bits per heavy atom. The zero-order valence-electron chi connectivity index (χ0n) is 8.31. The summed E-state index contributed by atoms with van der Waals surface area (Å²) < 4.78 is 5.31. The SMILES string of the molecule is c1ccc2c(c1)CCC(c1cnco1)N2. The predicted molar refractivity (Wildman–Crippen MR) is 57.6 cm³/mol. The van der Waals surface area contributed by atoms with Gasteiger partial charge in [-0.3, -0.25) is 0 Å². The molecule has 3 nitrogen and oxygen atoms in total. The second-order valence-electron chi connectivity index (χ2n) is 3.80. The highest BCUT2D eigenvalue weighted by atomic mass is 16.3. The van der Waals surface area contributed by atoms with Gasteiger partial charge in [0.1, 0.15) is 5.76 Å². The minimum Gasteiger partial charge on any atom is -0.446 e. The van der Waals surface area contributed by atoms with Crippen LogP contribution in [0, 0.1) is 0 Å². The number of nitrogens with zero attached hydrogens (tertiary/aromatic N) is 1. The van der Waals surface area contributed by atoms with Gasteiger partial charge < -0.3 is 9.73 Å². The molecule has 1 unspecified atom stereocenters. The van der Waals surface area contributed by atoms with E-state index in [0.717, 1.165) is 18.6 Å². The Hall–Kier alpha value is -1.77. The van der Waals surface area contributed by atoms with Crippen molar-refractivity contribution in [2.75, 3.05) is 5.32 Å². The van der Waals surface area contributed by atoms with Gasteiger partial charge in [-0.05, 0) is 24.5 Å². The fraction of sp³-hybridized carbons (Fsp3) is 0.250. The molecule has 0 spiro atoms. The zero-order chi connectivity index (χ0) is 10.1. The number of rotatable bonds is 1. The Morgan fingerprint density at radius 3 is 3.13 bits per heavy atom. The maximum Gasteiger partial charge on any atom is 0.180 e. The summed E-state index contributed by atoms with van der Waals surface area (Å²) in [5.74, 6) is 0.921. The van der Waals surface area contributed by atoms with E-state index in [4.69, 9.17) is 4.42 Å². The molecule has 2 aromatic rings. The minimum absolute atomic E-state index is 0.266. The first-order valence-electron chi connectivity index (χ1n) is 5.16. The molecule has 0 bridgehead atoms. The van der Waals surface area contributed by atoms with Gasteiger partial charge in [-0.15, -0.1) is 0 Å². The molecule has 1 aromatic heterocycles. The van der Waals surface area contributed by atoms with E-state index in [1.807, 2.05) is 0 Å². The van der Waals surface area contributed by atoms with Gasteiger partial charge in [0.25, 0.3) is 0 Å². The van der Waals surface area contributed by atoms with Gasteiger partial charge in [0.05, 0.1) is 12.2 Å². The summed E-state index contributed by atoms with van der Waals surface area (Å²) in [5.41, 5.74) is 2.60. The molecule has 0 radical (unpaired) electrons. The van der Waals surface area contributed by atoms with Crippen LogP contribution in [0.25, 0.3) is 0 Å². The van der Waals surface area contributed by atoms with E-state index < -0.39 is 0 Å². The standard InChI is InChI=1S/C12H12N2O/c1-2-4-10-9(3-1)5-6-11(14-10)12-7-13-8-15-12/h1-4,7-8,11,14H,5-6H2. The van der Waals surface area contributed by atoms with Crippen LogP contribution in [0.15, 0.2) is 41.3 Å². The van der Waals surface area contributed by atoms with E-state index in [9.17, 15) is 0 Å². The number of oxazole rings is 1. The first-order chi connectivity index (χ1) is 7.43. The van der Waals surface area contributed by atoms with E-state index in [1.54, 1.807) is 6.20 Å². The smallest absolute Gasteiger partial charge is 0.180 e. The predicted octanol–water partition coefficient (Wildman–Crippen LogP) is 2.77. The van der Waals surface area contributed by atoms with Crippen molar-refractivity contribution in [3.63, 3.8) is 0 Å². The van der Waals surface area contributed by atoms with Gasteiger partial charge in [-0.1, -0.05) is 18.2 Å². The van der Waals surface area contributed by atoms with Crippen molar-refractivity contribution in [3.05, 3.63) is 48.2 Å². The molecule has 0 aliphatic carbocycles. The lowest BCUT2D eigenvalue weighted by molar-refractivity contribution is 0.459. The number of benzene rings is 1. The third-order valence-electron chi connectivity index (χ3n) is 2.84. The van der Waals surface area contributed by atoms with Crippen LogP contribution in [0.4, 0.5) is 5.69 Å². The van der Waals surface area contributed by atoms with Gasteiger partial charge in [0.15, 0.2) is 6.39 Å². The normalized spacial score (nSPS) is 19.3. The number of aryl methyl sites for hydroxylation is 1. The van der Waals surface area contributed by atoms with Crippen LogP contribution in [0.5, 0.6) is 0 Å². The van der Waals surface area contributed by atoms with Crippen molar-refractivity contribution >= 4 is 5.69 Å². The molecule has 0 saturated heterocycles. The van der Waals surface area contributed by atoms with Crippen LogP contribution in [0.1, 0.15) is 23.8 Å². The molecule has 0 amide bonds. The van der Waals surface area contributed by atoms with Gasteiger partial charge in [-0.25, -0.2) is 4.98 Å². The number of fused-ring (bicyclic) bond motifs is 1. The summed E-state index contributed by atoms with van der Waals surface area (Å²) in [6.07, 6.45) is 5.42. The molecule has 3 rings (SSSR count). The number of hydrogen-bond donors (Lipinski definition) is 1. The van der Waals surface area contributed by atoms with Crippen molar-refractivity contribution in [1.29, 1.82) is 0 Å². The van der Waals surface area contributed by atoms with Crippen molar-refractivity contribution in [3.8, 4) is 0 Å². The van der Waals surface area contributed by atoms with Gasteiger partial charge in [-0.2, -0.15) is 0 Å². The maximum atomic E-state index is 5.31. The molecule has 0 saturated carbocycles. The second-order valence-corrected chi connectivity index (χ2v) is 3.80. The van der Waals surface area contributed by atoms with Crippen LogP contribution in [-0.2, 0) is 6.42 Å². The quantitative estimate of drug-likeness (QED) is 0.769. The van der Waals surface area contributed by atoms with Crippen molar-refractivity contribution in [2.45, 2.75) is 18.9 Å². The second kappa shape index (κ2) is 3.42. The molecule has 1 aliphatic heterocycles. The Balaban J connectivity index is 1.89. The van der Waals surface area contributed by atoms with Gasteiger partial charge in [0, 0.05) is 5.69 Å². The molecule has 1 aliphatic rings. The molecule has 1 N–H and O–H groups in total. The molecular formula is C12H12N2O. The zero-order valence-corrected chi connectivity index (χ0v) is 8.31. The summed E-state index contributed by atoms with van der Waals surface area (Å²) in [5, 5.41) is 3.47. The molecule has 76 valence electrons. The number of nitrogens with one attached hydrogen (secondary N) is 1. The lowest BCUT2D eigenvalue weighted by Crippen LogP contribution is -2.17. The van der Waals surface area contributed by atoms with Crippen LogP contribution in [0.3, 0.4) is 0 Å². The van der Waals surface area contributed by atoms with E-state index >= 15 is 0 Å². The van der Waals surface area contributed by atoms with Crippen LogP contribution in [-0.4, -0.2) is 4.98 Å². The fourth-order valence-corrected chi connectivity index (χ4v) is 2.05. The van der Waals surface area contributed by atoms with E-state index in [-0.39, 0.29) is 6.04 Å². The topological polar surface area (TPSA) is 38.1 Å². The van der Waals surface area contributed by atoms with Crippen LogP contribution in [0.2, 0.25) is 0 Å². The molecular weight excluding hydrogens is 188 g/mol. The third kappa shape index (κ3) is 1.50. The molecule has 15 heavy (non-hydrogen) atoms. The average Bonchev–Trinajstić information content (AvgIpc) is 2.82. The van der Waals surface area contributed by atoms with E-state index in [0.29, 0.717) is 0 Å². The Morgan fingerprint density at radius 1 is 1.33 bits per heavy atom. The Labute approximate surface area is 88.1 Å². The summed E-state index contributed by atoms with van der Waals surface area (Å²) >= 11 is 0. The lowest BCUT2D eigenvalue weighted by Gasteiger charge is -2.25. The summed E-state index contributed by atoms with van der Waals surface area (Å²) in [6, 6.07) is 8.67. The highest BCUT2D eigenvalue weighted by molar-refractivity contribution is 5.54. The summed E-state index contributed by atoms with van der Waals surface area (Å²) in [4.78, 5) is 3.95. The first-order valence-corrected chi connectivity index (χ1v) is 5.16. The summed E-state index contributed by atoms with van der Waals surface area (Å²) in [7, 11) is 0. The molecule has 1 atom stereocenters. The van der Waals surface area contributed by atoms with E-state index in [1.165, 1.54) is 17.6 Å². The molecule has 0 fully saturated rings. The van der Waals surface area contributed by atoms with Crippen molar-refractivity contribution in [2.24, 2.45) is 0 Å². The maximum absolute atomic E-state index is 5.31. The number of aromatic nitrogens is 1. The van der Waals surface area contributed by atoms with Gasteiger partial charge in [0.2, 0.25) is 0 Å². The number of para-hydroxylation sites is 1. The Kier molecular flexibility index (Phi) is 1.95. The highest BCUT2D eigenvalue weighted by Gasteiger charge is 2.20. The Bertz CT molecular complexity index is 450. The van der Waals surface area contributed by atoms with Crippen molar-refractivity contribution in [1.82, 2.24) is 4.98 Å². The van der Waals surface area contributed by atoms with Crippen LogP contribution >= 0.6 is 0 Å². The monoisotopic (exact) mass is 200 g/mol. The van der Waals surface area contributed by atoms with E-state index in [2.05, 4.69) is 34.6 Å². The molecule has 2 heterocycles. The minimum atomic E-state index is 0.266. The van der Waals surface area contributed by atoms with Gasteiger partial charge >= 0.3 is 0 Å². The largest absolute Gasteiger partial charge is 0.446 e. The lowest BCUT2D eigenvalue weighted by atomic mass is 9.97.